The number of hydrogen-bond acceptors (Lipinski definition) is 6. The SMILES string of the molecule is O=C1CCCCN1CCCOc1ccc(CN2CC[C@H](O)[C@@](O)(COc3ccc(F)cc3)C2)cc1. The zero-order valence-electron chi connectivity index (χ0n) is 20.1. The summed E-state index contributed by atoms with van der Waals surface area (Å²) < 4.78 is 24.6. The van der Waals surface area contributed by atoms with Crippen LogP contribution in [0.15, 0.2) is 48.5 Å². The largest absolute Gasteiger partial charge is 0.494 e. The molecule has 2 atom stereocenters. The summed E-state index contributed by atoms with van der Waals surface area (Å²) in [5.41, 5.74) is -0.333. The molecule has 2 N–H and O–H groups in total. The lowest BCUT2D eigenvalue weighted by Crippen LogP contribution is -2.59. The molecule has 0 unspecified atom stereocenters. The van der Waals surface area contributed by atoms with E-state index in [-0.39, 0.29) is 24.9 Å². The molecule has 2 aromatic rings. The maximum Gasteiger partial charge on any atom is 0.222 e. The number of hydrogen-bond donors (Lipinski definition) is 2. The third-order valence-corrected chi connectivity index (χ3v) is 6.73. The van der Waals surface area contributed by atoms with Crippen LogP contribution in [0.2, 0.25) is 0 Å². The van der Waals surface area contributed by atoms with Gasteiger partial charge in [-0.15, -0.1) is 0 Å². The van der Waals surface area contributed by atoms with Crippen LogP contribution in [-0.2, 0) is 11.3 Å². The number of benzene rings is 2. The van der Waals surface area contributed by atoms with Crippen LogP contribution in [0.3, 0.4) is 0 Å². The summed E-state index contributed by atoms with van der Waals surface area (Å²) in [6, 6.07) is 13.5. The number of ether oxygens (including phenoxy) is 2. The van der Waals surface area contributed by atoms with Crippen molar-refractivity contribution in [2.75, 3.05) is 39.4 Å². The molecule has 4 rings (SSSR count). The number of amides is 1. The molecule has 2 heterocycles. The first-order valence-corrected chi connectivity index (χ1v) is 12.4. The molecule has 0 saturated carbocycles. The van der Waals surface area contributed by atoms with Crippen LogP contribution in [0.25, 0.3) is 0 Å². The Morgan fingerprint density at radius 2 is 1.71 bits per heavy atom. The minimum atomic E-state index is -1.41. The first-order valence-electron chi connectivity index (χ1n) is 12.4. The molecule has 2 fully saturated rings. The van der Waals surface area contributed by atoms with Crippen molar-refractivity contribution in [2.24, 2.45) is 0 Å². The molecule has 2 saturated heterocycles. The van der Waals surface area contributed by atoms with E-state index >= 15 is 0 Å². The fraction of sp³-hybridized carbons (Fsp3) is 0.519. The second-order valence-corrected chi connectivity index (χ2v) is 9.55. The Morgan fingerprint density at radius 3 is 2.46 bits per heavy atom. The minimum Gasteiger partial charge on any atom is -0.494 e. The summed E-state index contributed by atoms with van der Waals surface area (Å²) in [4.78, 5) is 15.9. The van der Waals surface area contributed by atoms with Gasteiger partial charge in [-0.1, -0.05) is 12.1 Å². The number of rotatable bonds is 10. The number of likely N-dealkylation sites (tertiary alicyclic amines) is 2. The van der Waals surface area contributed by atoms with Crippen LogP contribution in [0.4, 0.5) is 4.39 Å². The minimum absolute atomic E-state index is 0.0773. The van der Waals surface area contributed by atoms with Gasteiger partial charge in [0.15, 0.2) is 0 Å². The van der Waals surface area contributed by atoms with Gasteiger partial charge in [0.2, 0.25) is 5.91 Å². The molecule has 8 heteroatoms. The first kappa shape index (κ1) is 25.4. The number of aliphatic hydroxyl groups is 2. The third kappa shape index (κ3) is 7.16. The van der Waals surface area contributed by atoms with Gasteiger partial charge in [0.05, 0.1) is 12.7 Å². The Bertz CT molecular complexity index is 955. The van der Waals surface area contributed by atoms with Crippen molar-refractivity contribution in [3.63, 3.8) is 0 Å². The molecule has 2 aromatic carbocycles. The summed E-state index contributed by atoms with van der Waals surface area (Å²) >= 11 is 0. The van der Waals surface area contributed by atoms with Gasteiger partial charge < -0.3 is 24.6 Å². The average Bonchev–Trinajstić information content (AvgIpc) is 2.86. The summed E-state index contributed by atoms with van der Waals surface area (Å²) in [6.07, 6.45) is 3.10. The van der Waals surface area contributed by atoms with Crippen LogP contribution in [-0.4, -0.2) is 77.0 Å². The van der Waals surface area contributed by atoms with E-state index in [1.165, 1.54) is 24.3 Å². The molecule has 0 aliphatic carbocycles. The zero-order valence-corrected chi connectivity index (χ0v) is 20.1. The number of β-amino-alcohol motifs (C(OH)–C–C–N with tert-alkyl or cyclic N) is 1. The molecule has 0 radical (unpaired) electrons. The molecule has 190 valence electrons. The maximum atomic E-state index is 13.1. The van der Waals surface area contributed by atoms with Gasteiger partial charge in [0, 0.05) is 39.1 Å². The van der Waals surface area contributed by atoms with Gasteiger partial charge in [-0.2, -0.15) is 0 Å². The predicted octanol–water partition coefficient (Wildman–Crippen LogP) is 2.98. The Kier molecular flexibility index (Phi) is 8.59. The molecule has 7 nitrogen and oxygen atoms in total. The van der Waals surface area contributed by atoms with Gasteiger partial charge in [-0.25, -0.2) is 4.39 Å². The van der Waals surface area contributed by atoms with E-state index in [9.17, 15) is 19.4 Å². The van der Waals surface area contributed by atoms with Crippen molar-refractivity contribution >= 4 is 5.91 Å². The first-order chi connectivity index (χ1) is 16.9. The quantitative estimate of drug-likeness (QED) is 0.503. The van der Waals surface area contributed by atoms with Gasteiger partial charge in [0.1, 0.15) is 29.5 Å². The van der Waals surface area contributed by atoms with Crippen LogP contribution in [0.1, 0.15) is 37.7 Å². The molecule has 0 spiro atoms. The molecule has 35 heavy (non-hydrogen) atoms. The van der Waals surface area contributed by atoms with E-state index in [1.807, 2.05) is 29.2 Å². The fourth-order valence-electron chi connectivity index (χ4n) is 4.65. The predicted molar refractivity (Wildman–Crippen MR) is 130 cm³/mol. The Hall–Kier alpha value is -2.68. The standard InChI is InChI=1S/C27H35FN2O5/c28-22-7-11-24(12-8-22)35-20-27(33)19-29(16-13-25(27)31)18-21-5-9-23(10-6-21)34-17-3-15-30-14-2-1-4-26(30)32/h5-12,25,31,33H,1-4,13-20H2/t25-,27-/m0/s1. The van der Waals surface area contributed by atoms with Crippen LogP contribution in [0.5, 0.6) is 11.5 Å². The highest BCUT2D eigenvalue weighted by Gasteiger charge is 2.42. The van der Waals surface area contributed by atoms with E-state index in [0.29, 0.717) is 38.3 Å². The monoisotopic (exact) mass is 486 g/mol. The summed E-state index contributed by atoms with van der Waals surface area (Å²) in [7, 11) is 0. The lowest BCUT2D eigenvalue weighted by molar-refractivity contribution is -0.140. The highest BCUT2D eigenvalue weighted by Crippen LogP contribution is 2.25. The lowest BCUT2D eigenvalue weighted by Gasteiger charge is -2.42. The molecule has 0 bridgehead atoms. The molecule has 1 amide bonds. The van der Waals surface area contributed by atoms with E-state index in [1.54, 1.807) is 0 Å². The second kappa shape index (κ2) is 11.8. The van der Waals surface area contributed by atoms with Gasteiger partial charge in [-0.3, -0.25) is 9.69 Å². The summed E-state index contributed by atoms with van der Waals surface area (Å²) in [6.45, 7) is 3.64. The average molecular weight is 487 g/mol. The van der Waals surface area contributed by atoms with E-state index in [4.69, 9.17) is 9.47 Å². The number of aliphatic hydroxyl groups excluding tert-OH is 1. The van der Waals surface area contributed by atoms with Gasteiger partial charge >= 0.3 is 0 Å². The third-order valence-electron chi connectivity index (χ3n) is 6.73. The Morgan fingerprint density at radius 1 is 1.00 bits per heavy atom. The topological polar surface area (TPSA) is 82.5 Å². The molecular formula is C27H35FN2O5. The number of halogens is 1. The molecule has 0 aromatic heterocycles. The fourth-order valence-corrected chi connectivity index (χ4v) is 4.65. The van der Waals surface area contributed by atoms with Crippen molar-refractivity contribution in [3.05, 3.63) is 59.9 Å². The van der Waals surface area contributed by atoms with Crippen molar-refractivity contribution in [3.8, 4) is 11.5 Å². The van der Waals surface area contributed by atoms with Crippen LogP contribution < -0.4 is 9.47 Å². The smallest absolute Gasteiger partial charge is 0.222 e. The normalized spacial score (nSPS) is 23.3. The highest BCUT2D eigenvalue weighted by atomic mass is 19.1. The van der Waals surface area contributed by atoms with Crippen molar-refractivity contribution in [1.29, 1.82) is 0 Å². The van der Waals surface area contributed by atoms with Crippen LogP contribution >= 0.6 is 0 Å². The lowest BCUT2D eigenvalue weighted by atomic mass is 9.90. The van der Waals surface area contributed by atoms with E-state index in [0.717, 1.165) is 43.7 Å². The molecule has 2 aliphatic rings. The van der Waals surface area contributed by atoms with Crippen molar-refractivity contribution in [1.82, 2.24) is 9.80 Å². The van der Waals surface area contributed by atoms with E-state index in [2.05, 4.69) is 4.90 Å². The Balaban J connectivity index is 1.22. The van der Waals surface area contributed by atoms with Crippen molar-refractivity contribution in [2.45, 2.75) is 50.4 Å². The number of nitrogens with zero attached hydrogens (tertiary/aromatic N) is 2. The van der Waals surface area contributed by atoms with Crippen molar-refractivity contribution < 1.29 is 28.9 Å². The molecular weight excluding hydrogens is 451 g/mol. The summed E-state index contributed by atoms with van der Waals surface area (Å²) in [5.74, 6) is 1.13. The van der Waals surface area contributed by atoms with E-state index < -0.39 is 11.7 Å². The Labute approximate surface area is 206 Å². The van der Waals surface area contributed by atoms with Gasteiger partial charge in [-0.05, 0) is 67.6 Å². The zero-order chi connectivity index (χ0) is 24.7. The number of piperidine rings is 2. The maximum absolute atomic E-state index is 13.1. The highest BCUT2D eigenvalue weighted by molar-refractivity contribution is 5.76. The molecule has 2 aliphatic heterocycles. The second-order valence-electron chi connectivity index (χ2n) is 9.55. The number of carbonyl (C=O) groups excluding carboxylic acids is 1. The number of carbonyl (C=O) groups is 1. The van der Waals surface area contributed by atoms with Gasteiger partial charge in [0.25, 0.3) is 0 Å². The summed E-state index contributed by atoms with van der Waals surface area (Å²) in [5, 5.41) is 21.5. The van der Waals surface area contributed by atoms with Crippen LogP contribution in [0, 0.1) is 5.82 Å².